The quantitative estimate of drug-likeness (QED) is 0.434. The van der Waals surface area contributed by atoms with E-state index in [9.17, 15) is 13.2 Å². The lowest BCUT2D eigenvalue weighted by molar-refractivity contribution is 0.0953. The molecule has 0 spiro atoms. The molecule has 1 saturated carbocycles. The Bertz CT molecular complexity index is 706. The Balaban J connectivity index is 2.38. The van der Waals surface area contributed by atoms with Crippen LogP contribution in [-0.2, 0) is 10.0 Å². The van der Waals surface area contributed by atoms with E-state index in [0.717, 1.165) is 17.1 Å². The molecule has 3 N–H and O–H groups in total. The molecule has 1 fully saturated rings. The van der Waals surface area contributed by atoms with Gasteiger partial charge < -0.3 is 4.90 Å². The lowest BCUT2D eigenvalue weighted by Crippen LogP contribution is -2.32. The minimum Gasteiger partial charge on any atom is -0.359 e. The number of sulfonamides is 1. The number of nitrogen functional groups attached to an aromatic ring is 1. The normalized spacial score (nSPS) is 20.0. The molecular formula is C14H23N5O3S. The molecule has 0 unspecified atom stereocenters. The van der Waals surface area contributed by atoms with E-state index in [1.54, 1.807) is 6.07 Å². The summed E-state index contributed by atoms with van der Waals surface area (Å²) in [6.45, 7) is 3.00. The lowest BCUT2D eigenvalue weighted by Gasteiger charge is -2.22. The van der Waals surface area contributed by atoms with Gasteiger partial charge in [0.25, 0.3) is 5.91 Å². The standard InChI is InChI=1S/C14H23N5O3S/c1-9-5-11(9)8-18(2)12-6-10(14(20)17-15)7-13(16-12)19(3)23(4,21)22/h6-7,9,11H,5,8,15H2,1-4H3,(H,17,20)/t9-,11+/m1/s1. The van der Waals surface area contributed by atoms with E-state index in [0.29, 0.717) is 17.7 Å². The van der Waals surface area contributed by atoms with Crippen molar-refractivity contribution >= 4 is 27.6 Å². The van der Waals surface area contributed by atoms with Crippen LogP contribution in [0.15, 0.2) is 12.1 Å². The van der Waals surface area contributed by atoms with Crippen molar-refractivity contribution < 1.29 is 13.2 Å². The Hall–Kier alpha value is -1.87. The van der Waals surface area contributed by atoms with Gasteiger partial charge >= 0.3 is 0 Å². The van der Waals surface area contributed by atoms with Gasteiger partial charge in [-0.25, -0.2) is 19.2 Å². The second kappa shape index (κ2) is 6.32. The Morgan fingerprint density at radius 1 is 1.39 bits per heavy atom. The van der Waals surface area contributed by atoms with Gasteiger partial charge in [-0.05, 0) is 30.4 Å². The number of nitrogens with two attached hydrogens (primary N) is 1. The van der Waals surface area contributed by atoms with Gasteiger partial charge in [-0.15, -0.1) is 0 Å². The Morgan fingerprint density at radius 2 is 1.96 bits per heavy atom. The number of carbonyl (C=O) groups is 1. The highest BCUT2D eigenvalue weighted by atomic mass is 32.2. The number of anilines is 2. The molecule has 8 nitrogen and oxygen atoms in total. The van der Waals surface area contributed by atoms with Crippen molar-refractivity contribution in [2.24, 2.45) is 17.7 Å². The maximum Gasteiger partial charge on any atom is 0.265 e. The van der Waals surface area contributed by atoms with Crippen LogP contribution in [0.5, 0.6) is 0 Å². The van der Waals surface area contributed by atoms with Crippen LogP contribution in [0.4, 0.5) is 11.6 Å². The predicted octanol–water partition coefficient (Wildman–Crippen LogP) is 0.173. The maximum absolute atomic E-state index is 11.8. The van der Waals surface area contributed by atoms with E-state index < -0.39 is 15.9 Å². The Labute approximate surface area is 136 Å². The molecule has 1 aliphatic carbocycles. The highest BCUT2D eigenvalue weighted by molar-refractivity contribution is 7.92. The smallest absolute Gasteiger partial charge is 0.265 e. The molecule has 0 bridgehead atoms. The molecule has 1 amide bonds. The predicted molar refractivity (Wildman–Crippen MR) is 89.7 cm³/mol. The molecule has 23 heavy (non-hydrogen) atoms. The summed E-state index contributed by atoms with van der Waals surface area (Å²) in [6.07, 6.45) is 2.25. The molecule has 1 aromatic heterocycles. The van der Waals surface area contributed by atoms with Crippen LogP contribution in [0.25, 0.3) is 0 Å². The van der Waals surface area contributed by atoms with Crippen molar-refractivity contribution in [3.63, 3.8) is 0 Å². The second-order valence-corrected chi connectivity index (χ2v) is 8.14. The molecule has 128 valence electrons. The number of carbonyl (C=O) groups excluding carboxylic acids is 1. The van der Waals surface area contributed by atoms with Crippen LogP contribution in [0.3, 0.4) is 0 Å². The van der Waals surface area contributed by atoms with E-state index in [1.807, 2.05) is 11.9 Å². The first-order valence-corrected chi connectivity index (χ1v) is 9.16. The molecule has 0 radical (unpaired) electrons. The summed E-state index contributed by atoms with van der Waals surface area (Å²) in [5.41, 5.74) is 2.32. The van der Waals surface area contributed by atoms with Crippen molar-refractivity contribution in [2.75, 3.05) is 36.1 Å². The molecule has 1 aromatic rings. The molecular weight excluding hydrogens is 318 g/mol. The van der Waals surface area contributed by atoms with Gasteiger partial charge in [0.15, 0.2) is 0 Å². The number of hydrogen-bond donors (Lipinski definition) is 2. The number of nitrogens with one attached hydrogen (secondary N) is 1. The fourth-order valence-electron chi connectivity index (χ4n) is 2.34. The zero-order valence-corrected chi connectivity index (χ0v) is 14.6. The van der Waals surface area contributed by atoms with Gasteiger partial charge in [0.1, 0.15) is 11.6 Å². The third-order valence-corrected chi connectivity index (χ3v) is 5.37. The second-order valence-electron chi connectivity index (χ2n) is 6.13. The van der Waals surface area contributed by atoms with Gasteiger partial charge in [-0.3, -0.25) is 14.5 Å². The number of rotatable bonds is 6. The molecule has 0 saturated heterocycles. The highest BCUT2D eigenvalue weighted by Gasteiger charge is 2.33. The van der Waals surface area contributed by atoms with Crippen molar-refractivity contribution in [1.29, 1.82) is 0 Å². The van der Waals surface area contributed by atoms with Gasteiger partial charge in [0.05, 0.1) is 6.26 Å². The summed E-state index contributed by atoms with van der Waals surface area (Å²) in [4.78, 5) is 18.2. The molecule has 1 heterocycles. The topological polar surface area (TPSA) is 109 Å². The Kier molecular flexibility index (Phi) is 4.81. The summed E-state index contributed by atoms with van der Waals surface area (Å²) in [5.74, 6) is 6.70. The third kappa shape index (κ3) is 4.11. The first-order valence-electron chi connectivity index (χ1n) is 7.31. The summed E-state index contributed by atoms with van der Waals surface area (Å²) >= 11 is 0. The number of aromatic nitrogens is 1. The molecule has 2 atom stereocenters. The molecule has 0 aliphatic heterocycles. The Morgan fingerprint density at radius 3 is 2.43 bits per heavy atom. The van der Waals surface area contributed by atoms with Gasteiger partial charge in [-0.1, -0.05) is 6.92 Å². The monoisotopic (exact) mass is 341 g/mol. The van der Waals surface area contributed by atoms with E-state index in [-0.39, 0.29) is 11.4 Å². The summed E-state index contributed by atoms with van der Waals surface area (Å²) in [6, 6.07) is 3.01. The highest BCUT2D eigenvalue weighted by Crippen LogP contribution is 2.38. The first kappa shape index (κ1) is 17.5. The van der Waals surface area contributed by atoms with Crippen molar-refractivity contribution in [3.8, 4) is 0 Å². The largest absolute Gasteiger partial charge is 0.359 e. The van der Waals surface area contributed by atoms with E-state index in [2.05, 4.69) is 17.3 Å². The summed E-state index contributed by atoms with van der Waals surface area (Å²) in [7, 11) is -0.204. The SMILES string of the molecule is C[C@@H]1C[C@H]1CN(C)c1cc(C(=O)NN)cc(N(C)S(C)(=O)=O)n1. The fraction of sp³-hybridized carbons (Fsp3) is 0.571. The van der Waals surface area contributed by atoms with Crippen molar-refractivity contribution in [3.05, 3.63) is 17.7 Å². The lowest BCUT2D eigenvalue weighted by atomic mass is 10.2. The number of pyridine rings is 1. The maximum atomic E-state index is 11.8. The molecule has 9 heteroatoms. The van der Waals surface area contributed by atoms with Gasteiger partial charge in [0.2, 0.25) is 10.0 Å². The minimum absolute atomic E-state index is 0.180. The van der Waals surface area contributed by atoms with Crippen LogP contribution in [0, 0.1) is 11.8 Å². The van der Waals surface area contributed by atoms with Crippen LogP contribution >= 0.6 is 0 Å². The molecule has 1 aliphatic rings. The van der Waals surface area contributed by atoms with Crippen molar-refractivity contribution in [1.82, 2.24) is 10.4 Å². The zero-order valence-electron chi connectivity index (χ0n) is 13.8. The molecule has 2 rings (SSSR count). The number of hydrazine groups is 1. The summed E-state index contributed by atoms with van der Waals surface area (Å²) < 4.78 is 24.5. The van der Waals surface area contributed by atoms with Crippen LogP contribution < -0.4 is 20.5 Å². The number of hydrogen-bond acceptors (Lipinski definition) is 6. The summed E-state index contributed by atoms with van der Waals surface area (Å²) in [5, 5.41) is 0. The van der Waals surface area contributed by atoms with Crippen LogP contribution in [0.2, 0.25) is 0 Å². The zero-order chi connectivity index (χ0) is 17.4. The van der Waals surface area contributed by atoms with Gasteiger partial charge in [0, 0.05) is 26.2 Å². The van der Waals surface area contributed by atoms with E-state index in [4.69, 9.17) is 5.84 Å². The van der Waals surface area contributed by atoms with Crippen LogP contribution in [0.1, 0.15) is 23.7 Å². The average Bonchev–Trinajstić information content (AvgIpc) is 3.19. The van der Waals surface area contributed by atoms with Gasteiger partial charge in [-0.2, -0.15) is 0 Å². The minimum atomic E-state index is -3.48. The molecule has 0 aromatic carbocycles. The fourth-order valence-corrected chi connectivity index (χ4v) is 2.78. The van der Waals surface area contributed by atoms with E-state index >= 15 is 0 Å². The number of amides is 1. The first-order chi connectivity index (χ1) is 10.6. The van der Waals surface area contributed by atoms with E-state index in [1.165, 1.54) is 19.5 Å². The number of nitrogens with zero attached hydrogens (tertiary/aromatic N) is 3. The average molecular weight is 341 g/mol. The van der Waals surface area contributed by atoms with Crippen molar-refractivity contribution in [2.45, 2.75) is 13.3 Å². The van der Waals surface area contributed by atoms with Crippen LogP contribution in [-0.4, -0.2) is 46.2 Å². The third-order valence-electron chi connectivity index (χ3n) is 4.19.